The number of para-hydroxylation sites is 1. The van der Waals surface area contributed by atoms with Crippen LogP contribution in [0.1, 0.15) is 0 Å². The van der Waals surface area contributed by atoms with Crippen LogP contribution >= 0.6 is 0 Å². The Labute approximate surface area is 131 Å². The SMILES string of the molecule is OCCN(CCO)c1ncnc2c1cnn2-c1ccccc1F. The lowest BCUT2D eigenvalue weighted by Gasteiger charge is -2.21. The maximum Gasteiger partial charge on any atom is 0.168 e. The van der Waals surface area contributed by atoms with Crippen LogP contribution < -0.4 is 4.90 Å². The molecule has 8 heteroatoms. The molecule has 0 atom stereocenters. The molecule has 0 radical (unpaired) electrons. The molecular formula is C15H16FN5O2. The molecule has 0 saturated carbocycles. The number of hydrogen-bond acceptors (Lipinski definition) is 6. The average Bonchev–Trinajstić information content (AvgIpc) is 2.99. The summed E-state index contributed by atoms with van der Waals surface area (Å²) in [6, 6.07) is 6.30. The van der Waals surface area contributed by atoms with Crippen molar-refractivity contribution in [1.29, 1.82) is 0 Å². The highest BCUT2D eigenvalue weighted by Gasteiger charge is 2.17. The Morgan fingerprint density at radius 1 is 1.09 bits per heavy atom. The summed E-state index contributed by atoms with van der Waals surface area (Å²) in [5, 5.41) is 23.2. The van der Waals surface area contributed by atoms with Crippen molar-refractivity contribution < 1.29 is 14.6 Å². The number of halogens is 1. The van der Waals surface area contributed by atoms with Crippen LogP contribution in [-0.4, -0.2) is 56.3 Å². The number of aromatic nitrogens is 4. The quantitative estimate of drug-likeness (QED) is 0.697. The minimum Gasteiger partial charge on any atom is -0.395 e. The van der Waals surface area contributed by atoms with E-state index in [1.807, 2.05) is 0 Å². The first-order valence-electron chi connectivity index (χ1n) is 7.16. The van der Waals surface area contributed by atoms with Crippen LogP contribution in [0.2, 0.25) is 0 Å². The Bertz CT molecular complexity index is 801. The molecule has 0 saturated heterocycles. The molecule has 23 heavy (non-hydrogen) atoms. The van der Waals surface area contributed by atoms with Gasteiger partial charge in [-0.3, -0.25) is 0 Å². The van der Waals surface area contributed by atoms with E-state index in [1.165, 1.54) is 17.1 Å². The molecular weight excluding hydrogens is 301 g/mol. The number of aliphatic hydroxyl groups is 2. The topological polar surface area (TPSA) is 87.3 Å². The summed E-state index contributed by atoms with van der Waals surface area (Å²) in [5.74, 6) is 0.140. The highest BCUT2D eigenvalue weighted by Crippen LogP contribution is 2.25. The number of aliphatic hydroxyl groups excluding tert-OH is 2. The monoisotopic (exact) mass is 317 g/mol. The first-order chi connectivity index (χ1) is 11.3. The second kappa shape index (κ2) is 6.67. The van der Waals surface area contributed by atoms with Crippen molar-refractivity contribution in [1.82, 2.24) is 19.7 Å². The number of hydrogen-bond donors (Lipinski definition) is 2. The fraction of sp³-hybridized carbons (Fsp3) is 0.267. The van der Waals surface area contributed by atoms with Gasteiger partial charge in [0.25, 0.3) is 0 Å². The van der Waals surface area contributed by atoms with Gasteiger partial charge in [0.2, 0.25) is 0 Å². The van der Waals surface area contributed by atoms with Crippen molar-refractivity contribution in [2.45, 2.75) is 0 Å². The van der Waals surface area contributed by atoms with E-state index >= 15 is 0 Å². The first-order valence-corrected chi connectivity index (χ1v) is 7.16. The lowest BCUT2D eigenvalue weighted by Crippen LogP contribution is -2.30. The summed E-state index contributed by atoms with van der Waals surface area (Å²) in [6.45, 7) is 0.481. The molecule has 2 aromatic heterocycles. The Hall–Kier alpha value is -2.58. The lowest BCUT2D eigenvalue weighted by atomic mass is 10.3. The number of rotatable bonds is 6. The van der Waals surface area contributed by atoms with E-state index in [1.54, 1.807) is 29.3 Å². The van der Waals surface area contributed by atoms with Crippen molar-refractivity contribution in [3.05, 3.63) is 42.6 Å². The zero-order valence-electron chi connectivity index (χ0n) is 12.3. The number of benzene rings is 1. The standard InChI is InChI=1S/C15H16FN5O2/c16-12-3-1-2-4-13(12)21-15-11(9-19-21)14(17-10-18-15)20(5-7-22)6-8-23/h1-4,9-10,22-23H,5-8H2. The maximum atomic E-state index is 14.0. The predicted octanol–water partition coefficient (Wildman–Crippen LogP) is 0.746. The Morgan fingerprint density at radius 3 is 2.52 bits per heavy atom. The van der Waals surface area contributed by atoms with Crippen molar-refractivity contribution >= 4 is 16.9 Å². The van der Waals surface area contributed by atoms with Gasteiger partial charge in [0, 0.05) is 13.1 Å². The van der Waals surface area contributed by atoms with Gasteiger partial charge in [-0.15, -0.1) is 0 Å². The summed E-state index contributed by atoms with van der Waals surface area (Å²) in [6.07, 6.45) is 2.91. The van der Waals surface area contributed by atoms with E-state index in [2.05, 4.69) is 15.1 Å². The smallest absolute Gasteiger partial charge is 0.168 e. The highest BCUT2D eigenvalue weighted by molar-refractivity contribution is 5.87. The fourth-order valence-corrected chi connectivity index (χ4v) is 2.45. The van der Waals surface area contributed by atoms with Crippen LogP contribution in [-0.2, 0) is 0 Å². The van der Waals surface area contributed by atoms with Gasteiger partial charge in [-0.2, -0.15) is 5.10 Å². The lowest BCUT2D eigenvalue weighted by molar-refractivity contribution is 0.281. The molecule has 0 spiro atoms. The summed E-state index contributed by atoms with van der Waals surface area (Å²) in [4.78, 5) is 10.1. The molecule has 0 fully saturated rings. The zero-order valence-corrected chi connectivity index (χ0v) is 12.3. The third-order valence-electron chi connectivity index (χ3n) is 3.46. The van der Waals surface area contributed by atoms with Crippen LogP contribution in [0.3, 0.4) is 0 Å². The summed E-state index contributed by atoms with van der Waals surface area (Å²) in [5.41, 5.74) is 0.754. The van der Waals surface area contributed by atoms with E-state index in [4.69, 9.17) is 0 Å². The van der Waals surface area contributed by atoms with Gasteiger partial charge in [-0.05, 0) is 12.1 Å². The summed E-state index contributed by atoms with van der Waals surface area (Å²) >= 11 is 0. The molecule has 2 N–H and O–H groups in total. The van der Waals surface area contributed by atoms with Crippen LogP contribution in [0.4, 0.5) is 10.2 Å². The molecule has 2 heterocycles. The second-order valence-electron chi connectivity index (χ2n) is 4.88. The fourth-order valence-electron chi connectivity index (χ4n) is 2.45. The van der Waals surface area contributed by atoms with Crippen LogP contribution in [0.5, 0.6) is 0 Å². The molecule has 0 aliphatic heterocycles. The molecule has 120 valence electrons. The molecule has 7 nitrogen and oxygen atoms in total. The van der Waals surface area contributed by atoms with Gasteiger partial charge >= 0.3 is 0 Å². The van der Waals surface area contributed by atoms with Gasteiger partial charge in [0.15, 0.2) is 5.65 Å². The predicted molar refractivity (Wildman–Crippen MR) is 83.0 cm³/mol. The van der Waals surface area contributed by atoms with Crippen LogP contribution in [0.15, 0.2) is 36.8 Å². The minimum absolute atomic E-state index is 0.0764. The van der Waals surface area contributed by atoms with Crippen LogP contribution in [0.25, 0.3) is 16.7 Å². The van der Waals surface area contributed by atoms with Crippen molar-refractivity contribution in [2.24, 2.45) is 0 Å². The molecule has 0 aliphatic rings. The molecule has 3 rings (SSSR count). The van der Waals surface area contributed by atoms with E-state index in [9.17, 15) is 14.6 Å². The van der Waals surface area contributed by atoms with Gasteiger partial charge in [-0.25, -0.2) is 19.0 Å². The third kappa shape index (κ3) is 2.86. The highest BCUT2D eigenvalue weighted by atomic mass is 19.1. The molecule has 1 aromatic carbocycles. The molecule has 0 aliphatic carbocycles. The average molecular weight is 317 g/mol. The second-order valence-corrected chi connectivity index (χ2v) is 4.88. The number of nitrogens with zero attached hydrogens (tertiary/aromatic N) is 5. The van der Waals surface area contributed by atoms with Crippen molar-refractivity contribution in [3.63, 3.8) is 0 Å². The number of fused-ring (bicyclic) bond motifs is 1. The van der Waals surface area contributed by atoms with Crippen LogP contribution in [0, 0.1) is 5.82 Å². The Kier molecular flexibility index (Phi) is 4.45. The molecule has 0 unspecified atom stereocenters. The zero-order chi connectivity index (χ0) is 16.2. The normalized spacial score (nSPS) is 11.1. The number of anilines is 1. The Morgan fingerprint density at radius 2 is 1.83 bits per heavy atom. The van der Waals surface area contributed by atoms with Crippen molar-refractivity contribution in [2.75, 3.05) is 31.2 Å². The molecule has 3 aromatic rings. The van der Waals surface area contributed by atoms with Gasteiger partial charge in [0.1, 0.15) is 23.6 Å². The minimum atomic E-state index is -0.403. The van der Waals surface area contributed by atoms with E-state index < -0.39 is 5.82 Å². The molecule has 0 amide bonds. The molecule has 0 bridgehead atoms. The van der Waals surface area contributed by atoms with E-state index in [0.717, 1.165) is 0 Å². The summed E-state index contributed by atoms with van der Waals surface area (Å²) < 4.78 is 15.4. The Balaban J connectivity index is 2.12. The van der Waals surface area contributed by atoms with Crippen molar-refractivity contribution in [3.8, 4) is 5.69 Å². The summed E-state index contributed by atoms with van der Waals surface area (Å²) in [7, 11) is 0. The van der Waals surface area contributed by atoms with E-state index in [-0.39, 0.29) is 13.2 Å². The van der Waals surface area contributed by atoms with Gasteiger partial charge < -0.3 is 15.1 Å². The first kappa shape index (κ1) is 15.3. The largest absolute Gasteiger partial charge is 0.395 e. The maximum absolute atomic E-state index is 14.0. The van der Waals surface area contributed by atoms with Gasteiger partial charge in [-0.1, -0.05) is 12.1 Å². The third-order valence-corrected chi connectivity index (χ3v) is 3.46. The van der Waals surface area contributed by atoms with E-state index in [0.29, 0.717) is 35.6 Å². The van der Waals surface area contributed by atoms with Gasteiger partial charge in [0.05, 0.1) is 24.8 Å².